The first-order valence-corrected chi connectivity index (χ1v) is 7.90. The Labute approximate surface area is 142 Å². The van der Waals surface area contributed by atoms with Gasteiger partial charge in [-0.3, -0.25) is 9.59 Å². The average Bonchev–Trinajstić information content (AvgIpc) is 2.99. The largest absolute Gasteiger partial charge is 0.455 e. The van der Waals surface area contributed by atoms with Crippen LogP contribution in [0.4, 0.5) is 0 Å². The first kappa shape index (κ1) is 17.3. The number of nitrogens with zero attached hydrogens (tertiary/aromatic N) is 3. The second kappa shape index (κ2) is 7.98. The number of ether oxygens (including phenoxy) is 1. The molecule has 0 aliphatic carbocycles. The minimum Gasteiger partial charge on any atom is -0.455 e. The van der Waals surface area contributed by atoms with Crippen molar-refractivity contribution in [3.05, 3.63) is 29.3 Å². The van der Waals surface area contributed by atoms with Gasteiger partial charge >= 0.3 is 5.97 Å². The van der Waals surface area contributed by atoms with Crippen molar-refractivity contribution >= 4 is 35.2 Å². The molecule has 1 aromatic heterocycles. The Morgan fingerprint density at radius 2 is 2.04 bits per heavy atom. The number of aromatic nitrogens is 2. The summed E-state index contributed by atoms with van der Waals surface area (Å²) in [4.78, 5) is 24.2. The van der Waals surface area contributed by atoms with Crippen LogP contribution in [0.15, 0.2) is 33.9 Å². The van der Waals surface area contributed by atoms with E-state index in [2.05, 4.69) is 10.2 Å². The predicted octanol–water partition coefficient (Wildman–Crippen LogP) is 2.11. The van der Waals surface area contributed by atoms with E-state index >= 15 is 0 Å². The van der Waals surface area contributed by atoms with Crippen LogP contribution in [0.1, 0.15) is 0 Å². The van der Waals surface area contributed by atoms with Crippen molar-refractivity contribution < 1.29 is 18.7 Å². The highest BCUT2D eigenvalue weighted by molar-refractivity contribution is 7.99. The first-order valence-electron chi connectivity index (χ1n) is 6.54. The molecule has 9 heteroatoms. The molecular formula is C14H14ClN3O4S. The normalized spacial score (nSPS) is 10.4. The molecule has 0 fully saturated rings. The molecule has 2 aromatic rings. The number of thioether (sulfide) groups is 1. The third-order valence-electron chi connectivity index (χ3n) is 2.68. The van der Waals surface area contributed by atoms with Gasteiger partial charge < -0.3 is 14.1 Å². The monoisotopic (exact) mass is 355 g/mol. The maximum atomic E-state index is 11.5. The summed E-state index contributed by atoms with van der Waals surface area (Å²) in [5.74, 6) is -0.593. The van der Waals surface area contributed by atoms with Gasteiger partial charge in [-0.2, -0.15) is 0 Å². The fourth-order valence-corrected chi connectivity index (χ4v) is 2.22. The standard InChI is InChI=1S/C14H14ClN3O4S/c1-18(2)11(19)7-21-12(20)8-23-14-17-16-13(22-14)9-5-3-4-6-10(9)15/h3-6H,7-8H2,1-2H3. The van der Waals surface area contributed by atoms with Gasteiger partial charge in [0.1, 0.15) is 5.75 Å². The van der Waals surface area contributed by atoms with Crippen molar-refractivity contribution in [1.82, 2.24) is 15.1 Å². The van der Waals surface area contributed by atoms with Gasteiger partial charge in [-0.1, -0.05) is 35.5 Å². The van der Waals surface area contributed by atoms with Crippen LogP contribution in [-0.4, -0.2) is 53.4 Å². The molecule has 7 nitrogen and oxygen atoms in total. The molecule has 1 aromatic carbocycles. The van der Waals surface area contributed by atoms with E-state index in [1.54, 1.807) is 38.4 Å². The summed E-state index contributed by atoms with van der Waals surface area (Å²) >= 11 is 7.07. The Hall–Kier alpha value is -2.06. The minimum absolute atomic E-state index is 0.0368. The average molecular weight is 356 g/mol. The fourth-order valence-electron chi connectivity index (χ4n) is 1.45. The van der Waals surface area contributed by atoms with Crippen molar-refractivity contribution in [2.45, 2.75) is 5.22 Å². The quantitative estimate of drug-likeness (QED) is 0.579. The topological polar surface area (TPSA) is 85.5 Å². The smallest absolute Gasteiger partial charge is 0.316 e. The number of carbonyl (C=O) groups excluding carboxylic acids is 2. The van der Waals surface area contributed by atoms with Gasteiger partial charge in [0.25, 0.3) is 11.1 Å². The Morgan fingerprint density at radius 3 is 2.74 bits per heavy atom. The summed E-state index contributed by atoms with van der Waals surface area (Å²) in [5.41, 5.74) is 0.618. The van der Waals surface area contributed by atoms with Crippen LogP contribution >= 0.6 is 23.4 Å². The van der Waals surface area contributed by atoms with Gasteiger partial charge in [0.05, 0.1) is 10.6 Å². The molecule has 1 amide bonds. The summed E-state index contributed by atoms with van der Waals surface area (Å²) < 4.78 is 10.3. The van der Waals surface area contributed by atoms with E-state index in [9.17, 15) is 9.59 Å². The summed E-state index contributed by atoms with van der Waals surface area (Å²) in [6.07, 6.45) is 0. The zero-order valence-electron chi connectivity index (χ0n) is 12.5. The Morgan fingerprint density at radius 1 is 1.30 bits per heavy atom. The Kier molecular flexibility index (Phi) is 6.00. The number of esters is 1. The number of benzene rings is 1. The highest BCUT2D eigenvalue weighted by Gasteiger charge is 2.14. The van der Waals surface area contributed by atoms with Crippen LogP contribution in [0.25, 0.3) is 11.5 Å². The Balaban J connectivity index is 1.87. The molecule has 2 rings (SSSR count). The van der Waals surface area contributed by atoms with Gasteiger partial charge in [0.2, 0.25) is 5.89 Å². The van der Waals surface area contributed by atoms with Gasteiger partial charge in [-0.15, -0.1) is 10.2 Å². The summed E-state index contributed by atoms with van der Waals surface area (Å²) in [6.45, 7) is -0.291. The van der Waals surface area contributed by atoms with E-state index in [1.807, 2.05) is 0 Å². The highest BCUT2D eigenvalue weighted by atomic mass is 35.5. The van der Waals surface area contributed by atoms with Crippen LogP contribution in [-0.2, 0) is 14.3 Å². The van der Waals surface area contributed by atoms with Crippen molar-refractivity contribution in [3.8, 4) is 11.5 Å². The minimum atomic E-state index is -0.539. The third-order valence-corrected chi connectivity index (χ3v) is 3.80. The van der Waals surface area contributed by atoms with Crippen molar-refractivity contribution in [3.63, 3.8) is 0 Å². The van der Waals surface area contributed by atoms with Gasteiger partial charge in [-0.05, 0) is 12.1 Å². The third kappa shape index (κ3) is 4.97. The molecule has 0 bridgehead atoms. The maximum Gasteiger partial charge on any atom is 0.316 e. The lowest BCUT2D eigenvalue weighted by atomic mass is 10.2. The lowest BCUT2D eigenvalue weighted by molar-refractivity contribution is -0.148. The molecule has 23 heavy (non-hydrogen) atoms. The summed E-state index contributed by atoms with van der Waals surface area (Å²) in [5, 5.41) is 8.43. The van der Waals surface area contributed by atoms with Crippen LogP contribution < -0.4 is 0 Å². The van der Waals surface area contributed by atoms with E-state index < -0.39 is 5.97 Å². The predicted molar refractivity (Wildman–Crippen MR) is 85.1 cm³/mol. The van der Waals surface area contributed by atoms with Crippen LogP contribution in [0, 0.1) is 0 Å². The van der Waals surface area contributed by atoms with Crippen LogP contribution in [0.2, 0.25) is 5.02 Å². The number of rotatable bonds is 6. The lowest BCUT2D eigenvalue weighted by Gasteiger charge is -2.09. The van der Waals surface area contributed by atoms with Crippen LogP contribution in [0.3, 0.4) is 0 Å². The van der Waals surface area contributed by atoms with E-state index in [4.69, 9.17) is 20.8 Å². The Bertz CT molecular complexity index is 705. The van der Waals surface area contributed by atoms with Gasteiger partial charge in [0, 0.05) is 14.1 Å². The highest BCUT2D eigenvalue weighted by Crippen LogP contribution is 2.28. The first-order chi connectivity index (χ1) is 11.0. The number of amides is 1. The second-order valence-electron chi connectivity index (χ2n) is 4.59. The number of halogens is 1. The number of hydrogen-bond acceptors (Lipinski definition) is 7. The molecule has 0 aliphatic rings. The molecule has 0 atom stereocenters. The van der Waals surface area contributed by atoms with Crippen molar-refractivity contribution in [2.24, 2.45) is 0 Å². The zero-order chi connectivity index (χ0) is 16.8. The lowest BCUT2D eigenvalue weighted by Crippen LogP contribution is -2.27. The van der Waals surface area contributed by atoms with Gasteiger partial charge in [-0.25, -0.2) is 0 Å². The second-order valence-corrected chi connectivity index (χ2v) is 5.92. The molecule has 122 valence electrons. The molecule has 0 unspecified atom stereocenters. The van der Waals surface area contributed by atoms with E-state index in [0.29, 0.717) is 10.6 Å². The maximum absolute atomic E-state index is 11.5. The molecule has 0 radical (unpaired) electrons. The zero-order valence-corrected chi connectivity index (χ0v) is 14.1. The molecule has 0 aliphatic heterocycles. The van der Waals surface area contributed by atoms with Crippen molar-refractivity contribution in [2.75, 3.05) is 26.5 Å². The molecule has 0 N–H and O–H groups in total. The number of likely N-dealkylation sites (N-methyl/N-ethyl adjacent to an activating group) is 1. The molecule has 0 spiro atoms. The van der Waals surface area contributed by atoms with E-state index in [0.717, 1.165) is 11.8 Å². The van der Waals surface area contributed by atoms with Crippen molar-refractivity contribution in [1.29, 1.82) is 0 Å². The van der Waals surface area contributed by atoms with Gasteiger partial charge in [0.15, 0.2) is 6.61 Å². The van der Waals surface area contributed by atoms with Crippen LogP contribution in [0.5, 0.6) is 0 Å². The number of carbonyl (C=O) groups is 2. The number of hydrogen-bond donors (Lipinski definition) is 0. The van der Waals surface area contributed by atoms with E-state index in [1.165, 1.54) is 4.90 Å². The van der Waals surface area contributed by atoms with E-state index in [-0.39, 0.29) is 29.4 Å². The summed E-state index contributed by atoms with van der Waals surface area (Å²) in [6, 6.07) is 7.07. The fraction of sp³-hybridized carbons (Fsp3) is 0.286. The molecular weight excluding hydrogens is 342 g/mol. The molecule has 0 saturated carbocycles. The molecule has 1 heterocycles. The molecule has 0 saturated heterocycles. The SMILES string of the molecule is CN(C)C(=O)COC(=O)CSc1nnc(-c2ccccc2Cl)o1. The summed E-state index contributed by atoms with van der Waals surface area (Å²) in [7, 11) is 3.17.